The van der Waals surface area contributed by atoms with Crippen LogP contribution in [0.25, 0.3) is 5.69 Å². The van der Waals surface area contributed by atoms with E-state index < -0.39 is 5.97 Å². The molecule has 0 amide bonds. The van der Waals surface area contributed by atoms with E-state index in [1.807, 2.05) is 6.92 Å². The Hall–Kier alpha value is -2.31. The molecule has 7 heteroatoms. The van der Waals surface area contributed by atoms with E-state index in [4.69, 9.17) is 5.11 Å². The number of nitrogens with zero attached hydrogens (tertiary/aromatic N) is 5. The first-order chi connectivity index (χ1) is 7.66. The van der Waals surface area contributed by atoms with Gasteiger partial charge in [0.05, 0.1) is 24.0 Å². The first kappa shape index (κ1) is 10.2. The molecule has 0 bridgehead atoms. The molecule has 0 radical (unpaired) electrons. The maximum absolute atomic E-state index is 10.5. The number of carboxylic acids is 1. The van der Waals surface area contributed by atoms with Crippen molar-refractivity contribution in [1.82, 2.24) is 25.2 Å². The monoisotopic (exact) mass is 219 g/mol. The summed E-state index contributed by atoms with van der Waals surface area (Å²) in [6.07, 6.45) is 2.93. The molecule has 2 aromatic heterocycles. The number of aromatic nitrogens is 5. The summed E-state index contributed by atoms with van der Waals surface area (Å²) in [6.45, 7) is 1.85. The SMILES string of the molecule is Cc1cc(CC(=O)O)ncc1-n1cnnn1. The Morgan fingerprint density at radius 1 is 1.56 bits per heavy atom. The van der Waals surface area contributed by atoms with Crippen LogP contribution in [0.4, 0.5) is 0 Å². The van der Waals surface area contributed by atoms with Crippen molar-refractivity contribution in [3.63, 3.8) is 0 Å². The molecule has 2 rings (SSSR count). The second-order valence-electron chi connectivity index (χ2n) is 3.29. The summed E-state index contributed by atoms with van der Waals surface area (Å²) in [4.78, 5) is 14.6. The van der Waals surface area contributed by atoms with Gasteiger partial charge >= 0.3 is 5.97 Å². The highest BCUT2D eigenvalue weighted by atomic mass is 16.4. The molecule has 2 heterocycles. The van der Waals surface area contributed by atoms with Crippen LogP contribution in [0.15, 0.2) is 18.6 Å². The number of rotatable bonds is 3. The van der Waals surface area contributed by atoms with Gasteiger partial charge in [-0.1, -0.05) is 0 Å². The van der Waals surface area contributed by atoms with Crippen LogP contribution < -0.4 is 0 Å². The number of carboxylic acid groups (broad SMARTS) is 1. The molecule has 0 saturated heterocycles. The van der Waals surface area contributed by atoms with Crippen molar-refractivity contribution in [3.8, 4) is 5.69 Å². The lowest BCUT2D eigenvalue weighted by atomic mass is 10.2. The average Bonchev–Trinajstić information content (AvgIpc) is 2.69. The Morgan fingerprint density at radius 3 is 2.94 bits per heavy atom. The fourth-order valence-electron chi connectivity index (χ4n) is 1.37. The van der Waals surface area contributed by atoms with Crippen molar-refractivity contribution in [2.24, 2.45) is 0 Å². The molecule has 0 atom stereocenters. The predicted octanol–water partition coefficient (Wildman–Crippen LogP) is -0.00718. The van der Waals surface area contributed by atoms with E-state index in [-0.39, 0.29) is 6.42 Å². The van der Waals surface area contributed by atoms with Crippen LogP contribution >= 0.6 is 0 Å². The van der Waals surface area contributed by atoms with Gasteiger partial charge in [-0.3, -0.25) is 9.78 Å². The number of aryl methyl sites for hydroxylation is 1. The minimum atomic E-state index is -0.901. The molecular formula is C9H9N5O2. The normalized spacial score (nSPS) is 10.3. The van der Waals surface area contributed by atoms with Crippen molar-refractivity contribution in [2.75, 3.05) is 0 Å². The summed E-state index contributed by atoms with van der Waals surface area (Å²) < 4.78 is 1.48. The second-order valence-corrected chi connectivity index (χ2v) is 3.29. The smallest absolute Gasteiger partial charge is 0.309 e. The van der Waals surface area contributed by atoms with Gasteiger partial charge in [0.2, 0.25) is 0 Å². The van der Waals surface area contributed by atoms with Crippen LogP contribution in [0.5, 0.6) is 0 Å². The van der Waals surface area contributed by atoms with Gasteiger partial charge in [-0.2, -0.15) is 4.68 Å². The van der Waals surface area contributed by atoms with Crippen LogP contribution in [0.2, 0.25) is 0 Å². The van der Waals surface area contributed by atoms with Crippen molar-refractivity contribution in [3.05, 3.63) is 29.8 Å². The molecule has 2 aromatic rings. The van der Waals surface area contributed by atoms with E-state index in [9.17, 15) is 4.79 Å². The quantitative estimate of drug-likeness (QED) is 0.780. The molecule has 0 saturated carbocycles. The molecule has 0 spiro atoms. The molecule has 7 nitrogen and oxygen atoms in total. The van der Waals surface area contributed by atoms with E-state index in [1.54, 1.807) is 12.3 Å². The van der Waals surface area contributed by atoms with Gasteiger partial charge in [0, 0.05) is 0 Å². The van der Waals surface area contributed by atoms with Gasteiger partial charge in [0.25, 0.3) is 0 Å². The molecule has 0 fully saturated rings. The number of tetrazole rings is 1. The molecular weight excluding hydrogens is 210 g/mol. The summed E-state index contributed by atoms with van der Waals surface area (Å²) in [6, 6.07) is 1.71. The van der Waals surface area contributed by atoms with Gasteiger partial charge in [-0.05, 0) is 29.0 Å². The third-order valence-corrected chi connectivity index (χ3v) is 2.07. The highest BCUT2D eigenvalue weighted by Gasteiger charge is 2.07. The number of aliphatic carboxylic acids is 1. The lowest BCUT2D eigenvalue weighted by molar-refractivity contribution is -0.136. The Morgan fingerprint density at radius 2 is 2.38 bits per heavy atom. The van der Waals surface area contributed by atoms with Gasteiger partial charge in [0.15, 0.2) is 0 Å². The topological polar surface area (TPSA) is 93.8 Å². The second kappa shape index (κ2) is 4.05. The molecule has 0 aliphatic rings. The third kappa shape index (κ3) is 2.02. The summed E-state index contributed by atoms with van der Waals surface area (Å²) in [5, 5.41) is 19.4. The Kier molecular flexibility index (Phi) is 2.59. The Labute approximate surface area is 90.7 Å². The van der Waals surface area contributed by atoms with Gasteiger partial charge in [0.1, 0.15) is 6.33 Å². The standard InChI is InChI=1S/C9H9N5O2/c1-6-2-7(3-9(15)16)10-4-8(6)14-5-11-12-13-14/h2,4-5H,3H2,1H3,(H,15,16). The van der Waals surface area contributed by atoms with E-state index in [0.29, 0.717) is 5.69 Å². The highest BCUT2D eigenvalue weighted by molar-refractivity contribution is 5.69. The third-order valence-electron chi connectivity index (χ3n) is 2.07. The lowest BCUT2D eigenvalue weighted by Crippen LogP contribution is -2.05. The fraction of sp³-hybridized carbons (Fsp3) is 0.222. The predicted molar refractivity (Wildman–Crippen MR) is 53.0 cm³/mol. The van der Waals surface area contributed by atoms with Crippen molar-refractivity contribution >= 4 is 5.97 Å². The van der Waals surface area contributed by atoms with Crippen LogP contribution in [-0.4, -0.2) is 36.3 Å². The minimum Gasteiger partial charge on any atom is -0.481 e. The average molecular weight is 219 g/mol. The van der Waals surface area contributed by atoms with E-state index in [2.05, 4.69) is 20.5 Å². The van der Waals surface area contributed by atoms with Crippen molar-refractivity contribution in [1.29, 1.82) is 0 Å². The van der Waals surface area contributed by atoms with Crippen LogP contribution in [0, 0.1) is 6.92 Å². The van der Waals surface area contributed by atoms with Gasteiger partial charge in [-0.25, -0.2) is 0 Å². The maximum Gasteiger partial charge on any atom is 0.309 e. The van der Waals surface area contributed by atoms with Gasteiger partial charge in [-0.15, -0.1) is 5.10 Å². The first-order valence-corrected chi connectivity index (χ1v) is 4.57. The summed E-state index contributed by atoms with van der Waals surface area (Å²) in [7, 11) is 0. The zero-order valence-electron chi connectivity index (χ0n) is 8.53. The number of hydrogen-bond acceptors (Lipinski definition) is 5. The fourth-order valence-corrected chi connectivity index (χ4v) is 1.37. The zero-order chi connectivity index (χ0) is 11.5. The van der Waals surface area contributed by atoms with Crippen LogP contribution in [-0.2, 0) is 11.2 Å². The Bertz CT molecular complexity index is 509. The molecule has 0 aliphatic heterocycles. The molecule has 0 unspecified atom stereocenters. The zero-order valence-corrected chi connectivity index (χ0v) is 8.53. The maximum atomic E-state index is 10.5. The first-order valence-electron chi connectivity index (χ1n) is 4.57. The highest BCUT2D eigenvalue weighted by Crippen LogP contribution is 2.12. The summed E-state index contributed by atoms with van der Waals surface area (Å²) >= 11 is 0. The van der Waals surface area contributed by atoms with Crippen molar-refractivity contribution in [2.45, 2.75) is 13.3 Å². The minimum absolute atomic E-state index is 0.0866. The van der Waals surface area contributed by atoms with Crippen LogP contribution in [0.3, 0.4) is 0 Å². The Balaban J connectivity index is 2.34. The molecule has 0 aromatic carbocycles. The largest absolute Gasteiger partial charge is 0.481 e. The number of pyridine rings is 1. The summed E-state index contributed by atoms with van der Waals surface area (Å²) in [5.41, 5.74) is 2.12. The van der Waals surface area contributed by atoms with Gasteiger partial charge < -0.3 is 5.11 Å². The molecule has 82 valence electrons. The molecule has 1 N–H and O–H groups in total. The molecule has 16 heavy (non-hydrogen) atoms. The lowest BCUT2D eigenvalue weighted by Gasteiger charge is -2.05. The van der Waals surface area contributed by atoms with E-state index in [0.717, 1.165) is 11.3 Å². The van der Waals surface area contributed by atoms with Crippen molar-refractivity contribution < 1.29 is 9.90 Å². The molecule has 0 aliphatic carbocycles. The number of carbonyl (C=O) groups is 1. The number of hydrogen-bond donors (Lipinski definition) is 1. The van der Waals surface area contributed by atoms with Crippen LogP contribution in [0.1, 0.15) is 11.3 Å². The summed E-state index contributed by atoms with van der Waals surface area (Å²) in [5.74, 6) is -0.901. The van der Waals surface area contributed by atoms with E-state index in [1.165, 1.54) is 11.0 Å². The van der Waals surface area contributed by atoms with E-state index >= 15 is 0 Å².